The van der Waals surface area contributed by atoms with Gasteiger partial charge in [0.25, 0.3) is 0 Å². The van der Waals surface area contributed by atoms with Crippen LogP contribution in [-0.4, -0.2) is 33.0 Å². The van der Waals surface area contributed by atoms with Crippen LogP contribution >= 0.6 is 0 Å². The predicted molar refractivity (Wildman–Crippen MR) is 131 cm³/mol. The van der Waals surface area contributed by atoms with Gasteiger partial charge in [-0.25, -0.2) is 9.97 Å². The Kier molecular flexibility index (Phi) is 5.06. The van der Waals surface area contributed by atoms with E-state index in [9.17, 15) is 0 Å². The van der Waals surface area contributed by atoms with E-state index >= 15 is 0 Å². The molecule has 0 radical (unpaired) electrons. The Morgan fingerprint density at radius 1 is 0.909 bits per heavy atom. The standard InChI is InChI=1S/C27H26N6/c1-17-12-14-29-25(17)27-32-22-11-9-20(15-24(22)33-27)19-7-4-18(5-8-19)6-10-21-16-30-26(31-21)23-3-2-13-28-23/h4-5,7-9,11,15-16,23,25,28-29H,1-3,12-14H2,(H,30,31)(H,32,33). The molecule has 4 heterocycles. The molecule has 164 valence electrons. The van der Waals surface area contributed by atoms with Crippen LogP contribution < -0.4 is 10.6 Å². The number of aromatic amines is 2. The highest BCUT2D eigenvalue weighted by Gasteiger charge is 2.23. The molecule has 2 atom stereocenters. The van der Waals surface area contributed by atoms with Gasteiger partial charge < -0.3 is 20.6 Å². The molecule has 2 aromatic heterocycles. The van der Waals surface area contributed by atoms with Crippen LogP contribution in [0.4, 0.5) is 0 Å². The van der Waals surface area contributed by atoms with E-state index in [1.165, 1.54) is 12.0 Å². The number of aromatic nitrogens is 4. The van der Waals surface area contributed by atoms with Crippen LogP contribution in [-0.2, 0) is 0 Å². The lowest BCUT2D eigenvalue weighted by Gasteiger charge is -2.07. The summed E-state index contributed by atoms with van der Waals surface area (Å²) in [6.07, 6.45) is 5.14. The number of imidazole rings is 2. The topological polar surface area (TPSA) is 81.4 Å². The van der Waals surface area contributed by atoms with Crippen molar-refractivity contribution in [3.8, 4) is 23.0 Å². The summed E-state index contributed by atoms with van der Waals surface area (Å²) in [5.74, 6) is 8.37. The van der Waals surface area contributed by atoms with Gasteiger partial charge in [0.15, 0.2) is 0 Å². The maximum absolute atomic E-state index is 4.76. The van der Waals surface area contributed by atoms with Crippen LogP contribution in [0.25, 0.3) is 22.2 Å². The van der Waals surface area contributed by atoms with Gasteiger partial charge in [0.05, 0.1) is 29.3 Å². The summed E-state index contributed by atoms with van der Waals surface area (Å²) in [5, 5.41) is 6.91. The molecular formula is C27H26N6. The summed E-state index contributed by atoms with van der Waals surface area (Å²) in [5.41, 5.74) is 7.33. The summed E-state index contributed by atoms with van der Waals surface area (Å²) < 4.78 is 0. The largest absolute Gasteiger partial charge is 0.340 e. The van der Waals surface area contributed by atoms with Gasteiger partial charge in [-0.2, -0.15) is 0 Å². The summed E-state index contributed by atoms with van der Waals surface area (Å²) in [6.45, 7) is 6.18. The highest BCUT2D eigenvalue weighted by Crippen LogP contribution is 2.29. The zero-order valence-corrected chi connectivity index (χ0v) is 18.4. The molecule has 6 heteroatoms. The summed E-state index contributed by atoms with van der Waals surface area (Å²) in [7, 11) is 0. The summed E-state index contributed by atoms with van der Waals surface area (Å²) in [4.78, 5) is 16.1. The third kappa shape index (κ3) is 3.97. The molecule has 2 aromatic carbocycles. The predicted octanol–water partition coefficient (Wildman–Crippen LogP) is 4.37. The average molecular weight is 435 g/mol. The van der Waals surface area contributed by atoms with Crippen molar-refractivity contribution < 1.29 is 0 Å². The lowest BCUT2D eigenvalue weighted by molar-refractivity contribution is 0.612. The Labute approximate surface area is 192 Å². The average Bonchev–Trinajstić information content (AvgIpc) is 3.64. The fourth-order valence-corrected chi connectivity index (χ4v) is 4.68. The first-order valence-electron chi connectivity index (χ1n) is 11.5. The van der Waals surface area contributed by atoms with Gasteiger partial charge in [-0.15, -0.1) is 0 Å². The van der Waals surface area contributed by atoms with E-state index in [1.807, 2.05) is 6.20 Å². The van der Waals surface area contributed by atoms with Gasteiger partial charge in [-0.1, -0.05) is 36.3 Å². The first-order valence-corrected chi connectivity index (χ1v) is 11.5. The van der Waals surface area contributed by atoms with E-state index in [0.717, 1.165) is 71.0 Å². The highest BCUT2D eigenvalue weighted by atomic mass is 15.0. The van der Waals surface area contributed by atoms with Crippen molar-refractivity contribution in [3.63, 3.8) is 0 Å². The molecule has 4 N–H and O–H groups in total. The molecule has 0 amide bonds. The Morgan fingerprint density at radius 2 is 1.79 bits per heavy atom. The van der Waals surface area contributed by atoms with Crippen LogP contribution in [0.3, 0.4) is 0 Å². The Balaban J connectivity index is 1.19. The van der Waals surface area contributed by atoms with Crippen molar-refractivity contribution in [1.82, 2.24) is 30.6 Å². The molecule has 0 spiro atoms. The smallest absolute Gasteiger partial charge is 0.128 e. The van der Waals surface area contributed by atoms with Gasteiger partial charge >= 0.3 is 0 Å². The lowest BCUT2D eigenvalue weighted by Crippen LogP contribution is -2.14. The zero-order chi connectivity index (χ0) is 22.2. The van der Waals surface area contributed by atoms with Crippen LogP contribution in [0.1, 0.15) is 54.3 Å². The van der Waals surface area contributed by atoms with Gasteiger partial charge in [0, 0.05) is 5.56 Å². The molecular weight excluding hydrogens is 408 g/mol. The molecule has 2 saturated heterocycles. The molecule has 2 aliphatic rings. The number of nitrogens with one attached hydrogen (secondary N) is 4. The molecule has 6 rings (SSSR count). The van der Waals surface area contributed by atoms with Crippen molar-refractivity contribution in [2.45, 2.75) is 31.3 Å². The van der Waals surface area contributed by atoms with Crippen LogP contribution in [0.2, 0.25) is 0 Å². The van der Waals surface area contributed by atoms with Gasteiger partial charge in [0.2, 0.25) is 0 Å². The number of rotatable bonds is 3. The maximum Gasteiger partial charge on any atom is 0.128 e. The van der Waals surface area contributed by atoms with Gasteiger partial charge in [0.1, 0.15) is 17.3 Å². The zero-order valence-electron chi connectivity index (χ0n) is 18.4. The minimum Gasteiger partial charge on any atom is -0.340 e. The van der Waals surface area contributed by atoms with Crippen LogP contribution in [0, 0.1) is 11.8 Å². The van der Waals surface area contributed by atoms with E-state index in [-0.39, 0.29) is 6.04 Å². The minimum atomic E-state index is 0.124. The third-order valence-corrected chi connectivity index (χ3v) is 6.52. The first-order chi connectivity index (χ1) is 16.2. The summed E-state index contributed by atoms with van der Waals surface area (Å²) in [6, 6.07) is 15.2. The molecule has 2 fully saturated rings. The number of H-pyrrole nitrogens is 2. The lowest BCUT2D eigenvalue weighted by atomic mass is 10.0. The molecule has 33 heavy (non-hydrogen) atoms. The summed E-state index contributed by atoms with van der Waals surface area (Å²) >= 11 is 0. The highest BCUT2D eigenvalue weighted by molar-refractivity contribution is 5.82. The third-order valence-electron chi connectivity index (χ3n) is 6.52. The number of nitrogens with zero attached hydrogens (tertiary/aromatic N) is 2. The van der Waals surface area contributed by atoms with Crippen molar-refractivity contribution in [2.24, 2.45) is 0 Å². The monoisotopic (exact) mass is 434 g/mol. The minimum absolute atomic E-state index is 0.124. The van der Waals surface area contributed by atoms with Crippen molar-refractivity contribution in [2.75, 3.05) is 13.1 Å². The number of fused-ring (bicyclic) bond motifs is 1. The molecule has 0 saturated carbocycles. The first kappa shape index (κ1) is 20.0. The maximum atomic E-state index is 4.76. The second-order valence-corrected chi connectivity index (χ2v) is 8.81. The van der Waals surface area contributed by atoms with Crippen molar-refractivity contribution in [3.05, 3.63) is 83.7 Å². The fraction of sp³-hybridized carbons (Fsp3) is 0.259. The molecule has 4 aromatic rings. The van der Waals surface area contributed by atoms with E-state index in [0.29, 0.717) is 6.04 Å². The van der Waals surface area contributed by atoms with Crippen molar-refractivity contribution in [1.29, 1.82) is 0 Å². The number of hydrogen-bond acceptors (Lipinski definition) is 4. The second-order valence-electron chi connectivity index (χ2n) is 8.81. The fourth-order valence-electron chi connectivity index (χ4n) is 4.68. The van der Waals surface area contributed by atoms with E-state index in [4.69, 9.17) is 4.98 Å². The number of hydrogen-bond donors (Lipinski definition) is 4. The molecule has 0 aliphatic carbocycles. The molecule has 6 nitrogen and oxygen atoms in total. The molecule has 2 aliphatic heterocycles. The van der Waals surface area contributed by atoms with E-state index < -0.39 is 0 Å². The van der Waals surface area contributed by atoms with Crippen molar-refractivity contribution >= 4 is 11.0 Å². The number of benzene rings is 2. The van der Waals surface area contributed by atoms with Gasteiger partial charge in [-0.05, 0) is 73.7 Å². The van der Waals surface area contributed by atoms with E-state index in [2.05, 4.69) is 86.5 Å². The quantitative estimate of drug-likeness (QED) is 0.285. The Bertz CT molecular complexity index is 1380. The normalized spacial score (nSPS) is 20.3. The van der Waals surface area contributed by atoms with E-state index in [1.54, 1.807) is 0 Å². The molecule has 0 bridgehead atoms. The molecule has 2 unspecified atom stereocenters. The van der Waals surface area contributed by atoms with Crippen LogP contribution in [0.15, 0.2) is 60.8 Å². The SMILES string of the molecule is C=C1CCNC1c1nc2ccc(-c3ccc(C#Cc4cnc(C5CCCN5)[nH]4)cc3)cc2[nH]1. The second kappa shape index (κ2) is 8.36. The van der Waals surface area contributed by atoms with Crippen LogP contribution in [0.5, 0.6) is 0 Å². The Hall–Kier alpha value is -3.66. The Morgan fingerprint density at radius 3 is 2.58 bits per heavy atom. The van der Waals surface area contributed by atoms with Gasteiger partial charge in [-0.3, -0.25) is 0 Å².